The van der Waals surface area contributed by atoms with E-state index in [1.165, 1.54) is 30.3 Å². The summed E-state index contributed by atoms with van der Waals surface area (Å²) in [5.41, 5.74) is 0.751. The number of hydrogen-bond donors (Lipinski definition) is 2. The van der Waals surface area contributed by atoms with Gasteiger partial charge in [0.25, 0.3) is 5.69 Å². The quantitative estimate of drug-likeness (QED) is 0.131. The Balaban J connectivity index is 1.62. The maximum absolute atomic E-state index is 12.8. The van der Waals surface area contributed by atoms with Gasteiger partial charge in [-0.25, -0.2) is 10.2 Å². The third-order valence-electron chi connectivity index (χ3n) is 4.46. The van der Waals surface area contributed by atoms with Crippen molar-refractivity contribution in [3.63, 3.8) is 0 Å². The summed E-state index contributed by atoms with van der Waals surface area (Å²) in [6.07, 6.45) is -3.55. The van der Waals surface area contributed by atoms with E-state index in [2.05, 4.69) is 5.10 Å². The van der Waals surface area contributed by atoms with Crippen molar-refractivity contribution in [1.29, 1.82) is 0 Å². The molecule has 0 aromatic heterocycles. The fraction of sp³-hybridized carbons (Fsp3) is 0.0435. The topological polar surface area (TPSA) is 140 Å². The lowest BCUT2D eigenvalue weighted by Crippen LogP contribution is -2.32. The van der Waals surface area contributed by atoms with Crippen molar-refractivity contribution in [3.05, 3.63) is 99.6 Å². The van der Waals surface area contributed by atoms with Crippen LogP contribution in [0.1, 0.15) is 21.5 Å². The minimum Gasteiger partial charge on any atom is -0.422 e. The summed E-state index contributed by atoms with van der Waals surface area (Å²) in [5, 5.41) is 16.4. The number of alkyl halides is 3. The monoisotopic (exact) mass is 500 g/mol. The number of nitro benzene ring substituents is 1. The Kier molecular flexibility index (Phi) is 7.74. The van der Waals surface area contributed by atoms with Gasteiger partial charge in [0.15, 0.2) is 0 Å². The van der Waals surface area contributed by atoms with E-state index in [1.807, 2.05) is 10.7 Å². The number of non-ortho nitro benzene ring substituents is 1. The molecule has 0 aliphatic rings. The minimum atomic E-state index is -4.62. The van der Waals surface area contributed by atoms with E-state index in [1.54, 1.807) is 12.1 Å². The maximum atomic E-state index is 12.8. The molecule has 0 atom stereocenters. The molecule has 0 unspecified atom stereocenters. The highest BCUT2D eigenvalue weighted by molar-refractivity contribution is 6.39. The van der Waals surface area contributed by atoms with Crippen molar-refractivity contribution >= 4 is 35.4 Å². The van der Waals surface area contributed by atoms with Crippen LogP contribution in [0, 0.1) is 10.1 Å². The molecule has 3 aromatic rings. The number of anilines is 1. The fourth-order valence-corrected chi connectivity index (χ4v) is 2.73. The first-order valence-corrected chi connectivity index (χ1v) is 9.92. The van der Waals surface area contributed by atoms with Crippen LogP contribution < -0.4 is 15.5 Å². The molecule has 3 rings (SSSR count). The zero-order chi connectivity index (χ0) is 26.3. The Morgan fingerprint density at radius 2 is 1.64 bits per heavy atom. The van der Waals surface area contributed by atoms with Crippen LogP contribution in [0.5, 0.6) is 5.75 Å². The SMILES string of the molecule is O=C(NN=Cc1ccccc1OC(=O)c1ccc([N+](=O)[O-])cc1)C(=O)Nc1cccc(C(F)(F)F)c1. The molecule has 10 nitrogen and oxygen atoms in total. The molecule has 0 saturated heterocycles. The second-order valence-corrected chi connectivity index (χ2v) is 6.96. The first-order valence-electron chi connectivity index (χ1n) is 9.92. The van der Waals surface area contributed by atoms with Gasteiger partial charge in [0.1, 0.15) is 5.75 Å². The highest BCUT2D eigenvalue weighted by Crippen LogP contribution is 2.30. The molecule has 184 valence electrons. The van der Waals surface area contributed by atoms with E-state index >= 15 is 0 Å². The van der Waals surface area contributed by atoms with Crippen LogP contribution in [0.15, 0.2) is 77.9 Å². The molecule has 0 spiro atoms. The number of rotatable bonds is 6. The van der Waals surface area contributed by atoms with Gasteiger partial charge in [-0.1, -0.05) is 18.2 Å². The average Bonchev–Trinajstić information content (AvgIpc) is 2.84. The van der Waals surface area contributed by atoms with Gasteiger partial charge in [-0.2, -0.15) is 18.3 Å². The van der Waals surface area contributed by atoms with E-state index in [0.29, 0.717) is 6.07 Å². The third-order valence-corrected chi connectivity index (χ3v) is 4.46. The predicted octanol–water partition coefficient (Wildman–Crippen LogP) is 3.92. The molecule has 36 heavy (non-hydrogen) atoms. The lowest BCUT2D eigenvalue weighted by Gasteiger charge is -2.09. The molecular weight excluding hydrogens is 485 g/mol. The average molecular weight is 500 g/mol. The Morgan fingerprint density at radius 3 is 2.31 bits per heavy atom. The van der Waals surface area contributed by atoms with E-state index in [9.17, 15) is 37.7 Å². The Morgan fingerprint density at radius 1 is 0.944 bits per heavy atom. The minimum absolute atomic E-state index is 0.0345. The standard InChI is InChI=1S/C23H15F3N4O6/c24-23(25,26)16-5-3-6-17(12-16)28-20(31)21(32)29-27-13-15-4-1-2-7-19(15)36-22(33)14-8-10-18(11-9-14)30(34)35/h1-13H,(H,28,31)(H,29,32). The van der Waals surface area contributed by atoms with Crippen LogP contribution in [0.3, 0.4) is 0 Å². The van der Waals surface area contributed by atoms with E-state index in [-0.39, 0.29) is 28.3 Å². The number of esters is 1. The van der Waals surface area contributed by atoms with Gasteiger partial charge in [-0.15, -0.1) is 0 Å². The number of hydrazone groups is 1. The van der Waals surface area contributed by atoms with Crippen molar-refractivity contribution in [3.8, 4) is 5.75 Å². The van der Waals surface area contributed by atoms with Gasteiger partial charge in [-0.05, 0) is 42.5 Å². The number of amides is 2. The number of carbonyl (C=O) groups is 3. The van der Waals surface area contributed by atoms with Crippen LogP contribution in [0.4, 0.5) is 24.5 Å². The van der Waals surface area contributed by atoms with Gasteiger partial charge in [-0.3, -0.25) is 19.7 Å². The zero-order valence-electron chi connectivity index (χ0n) is 18.0. The number of carbonyl (C=O) groups excluding carboxylic acids is 3. The lowest BCUT2D eigenvalue weighted by molar-refractivity contribution is -0.384. The van der Waals surface area contributed by atoms with Crippen LogP contribution in [-0.4, -0.2) is 28.9 Å². The fourth-order valence-electron chi connectivity index (χ4n) is 2.73. The molecule has 0 heterocycles. The molecule has 3 aromatic carbocycles. The highest BCUT2D eigenvalue weighted by atomic mass is 19.4. The molecule has 2 N–H and O–H groups in total. The zero-order valence-corrected chi connectivity index (χ0v) is 18.0. The van der Waals surface area contributed by atoms with Gasteiger partial charge < -0.3 is 10.1 Å². The molecule has 0 aliphatic heterocycles. The molecule has 0 bridgehead atoms. The maximum Gasteiger partial charge on any atom is 0.416 e. The van der Waals surface area contributed by atoms with Gasteiger partial charge in [0, 0.05) is 23.4 Å². The number of nitrogens with zero attached hydrogens (tertiary/aromatic N) is 2. The molecule has 0 radical (unpaired) electrons. The predicted molar refractivity (Wildman–Crippen MR) is 120 cm³/mol. The first-order chi connectivity index (χ1) is 17.0. The van der Waals surface area contributed by atoms with E-state index < -0.39 is 34.4 Å². The van der Waals surface area contributed by atoms with Crippen molar-refractivity contribution in [1.82, 2.24) is 5.43 Å². The summed E-state index contributed by atoms with van der Waals surface area (Å²) in [6, 6.07) is 14.5. The van der Waals surface area contributed by atoms with Crippen molar-refractivity contribution in [2.24, 2.45) is 5.10 Å². The summed E-state index contributed by atoms with van der Waals surface area (Å²) in [5.74, 6) is -3.30. The number of halogens is 3. The number of ether oxygens (including phenoxy) is 1. The Labute approximate surface area is 200 Å². The van der Waals surface area contributed by atoms with Crippen LogP contribution in [0.2, 0.25) is 0 Å². The first kappa shape index (κ1) is 25.6. The lowest BCUT2D eigenvalue weighted by atomic mass is 10.2. The molecule has 2 amide bonds. The molecule has 0 saturated carbocycles. The summed E-state index contributed by atoms with van der Waals surface area (Å²) < 4.78 is 43.6. The van der Waals surface area contributed by atoms with Gasteiger partial charge >= 0.3 is 24.0 Å². The highest BCUT2D eigenvalue weighted by Gasteiger charge is 2.30. The van der Waals surface area contributed by atoms with Crippen molar-refractivity contribution in [2.75, 3.05) is 5.32 Å². The number of benzene rings is 3. The summed E-state index contributed by atoms with van der Waals surface area (Å²) in [6.45, 7) is 0. The number of nitrogens with one attached hydrogen (secondary N) is 2. The third kappa shape index (κ3) is 6.72. The molecular formula is C23H15F3N4O6. The molecule has 0 fully saturated rings. The number of hydrogen-bond acceptors (Lipinski definition) is 7. The summed E-state index contributed by atoms with van der Waals surface area (Å²) in [7, 11) is 0. The number of para-hydroxylation sites is 1. The van der Waals surface area contributed by atoms with E-state index in [4.69, 9.17) is 4.74 Å². The largest absolute Gasteiger partial charge is 0.422 e. The van der Waals surface area contributed by atoms with Crippen LogP contribution in [0.25, 0.3) is 0 Å². The van der Waals surface area contributed by atoms with Crippen molar-refractivity contribution in [2.45, 2.75) is 6.18 Å². The van der Waals surface area contributed by atoms with Crippen LogP contribution >= 0.6 is 0 Å². The van der Waals surface area contributed by atoms with Crippen LogP contribution in [-0.2, 0) is 15.8 Å². The smallest absolute Gasteiger partial charge is 0.416 e. The molecule has 13 heteroatoms. The Bertz CT molecular complexity index is 1340. The number of nitro groups is 1. The summed E-state index contributed by atoms with van der Waals surface area (Å²) >= 11 is 0. The second kappa shape index (κ2) is 10.9. The van der Waals surface area contributed by atoms with Gasteiger partial charge in [0.05, 0.1) is 22.3 Å². The van der Waals surface area contributed by atoms with Gasteiger partial charge in [0.2, 0.25) is 0 Å². The molecule has 0 aliphatic carbocycles. The normalized spacial score (nSPS) is 11.1. The van der Waals surface area contributed by atoms with E-state index in [0.717, 1.165) is 30.5 Å². The second-order valence-electron chi connectivity index (χ2n) is 6.96. The Hall–Kier alpha value is -5.07. The summed E-state index contributed by atoms with van der Waals surface area (Å²) in [4.78, 5) is 46.4. The van der Waals surface area contributed by atoms with Crippen molar-refractivity contribution < 1.29 is 37.2 Å².